The third-order valence-corrected chi connectivity index (χ3v) is 3.84. The second kappa shape index (κ2) is 5.63. The molecule has 3 rings (SSSR count). The predicted molar refractivity (Wildman–Crippen MR) is 79.9 cm³/mol. The third-order valence-electron chi connectivity index (χ3n) is 2.74. The quantitative estimate of drug-likeness (QED) is 0.414. The van der Waals surface area contributed by atoms with Crippen molar-refractivity contribution in [2.24, 2.45) is 0 Å². The number of nitrogens with zero attached hydrogens (tertiary/aromatic N) is 3. The van der Waals surface area contributed by atoms with Crippen molar-refractivity contribution in [1.82, 2.24) is 9.97 Å². The van der Waals surface area contributed by atoms with E-state index in [9.17, 15) is 10.1 Å². The zero-order chi connectivity index (χ0) is 14.8. The molecule has 0 aliphatic carbocycles. The minimum Gasteiger partial charge on any atom is -0.479 e. The number of aromatic nitrogens is 2. The van der Waals surface area contributed by atoms with Crippen LogP contribution in [0.25, 0.3) is 10.2 Å². The normalized spacial score (nSPS) is 10.7. The van der Waals surface area contributed by atoms with Crippen LogP contribution in [-0.4, -0.2) is 14.9 Å². The lowest BCUT2D eigenvalue weighted by Gasteiger charge is -2.06. The number of hydrogen-bond donors (Lipinski definition) is 0. The first-order valence-electron chi connectivity index (χ1n) is 5.91. The zero-order valence-electron chi connectivity index (χ0n) is 10.5. The second-order valence-corrected chi connectivity index (χ2v) is 5.34. The van der Waals surface area contributed by atoms with Gasteiger partial charge in [0.25, 0.3) is 0 Å². The lowest BCUT2D eigenvalue weighted by atomic mass is 10.3. The Bertz CT molecular complexity index is 821. The highest BCUT2D eigenvalue weighted by molar-refractivity contribution is 7.16. The first kappa shape index (κ1) is 13.7. The van der Waals surface area contributed by atoms with E-state index in [1.54, 1.807) is 12.1 Å². The topological polar surface area (TPSA) is 78.2 Å². The molecule has 0 aliphatic heterocycles. The fourth-order valence-corrected chi connectivity index (χ4v) is 2.89. The van der Waals surface area contributed by atoms with E-state index in [-0.39, 0.29) is 18.0 Å². The van der Waals surface area contributed by atoms with Crippen LogP contribution in [0.5, 0.6) is 5.75 Å². The van der Waals surface area contributed by atoms with Gasteiger partial charge in [-0.05, 0) is 17.5 Å². The van der Waals surface area contributed by atoms with E-state index < -0.39 is 4.92 Å². The van der Waals surface area contributed by atoms with E-state index in [2.05, 4.69) is 9.97 Å². The van der Waals surface area contributed by atoms with Crippen LogP contribution in [0.1, 0.15) is 5.82 Å². The lowest BCUT2D eigenvalue weighted by Crippen LogP contribution is -2.03. The van der Waals surface area contributed by atoms with Gasteiger partial charge < -0.3 is 4.74 Å². The molecule has 0 fully saturated rings. The molecule has 0 unspecified atom stereocenters. The van der Waals surface area contributed by atoms with E-state index in [0.29, 0.717) is 11.0 Å². The highest BCUT2D eigenvalue weighted by atomic mass is 35.5. The van der Waals surface area contributed by atoms with E-state index in [1.165, 1.54) is 23.5 Å². The van der Waals surface area contributed by atoms with Crippen molar-refractivity contribution in [3.63, 3.8) is 0 Å². The first-order valence-corrected chi connectivity index (χ1v) is 7.17. The Balaban J connectivity index is 1.85. The van der Waals surface area contributed by atoms with Crippen LogP contribution >= 0.6 is 22.9 Å². The number of para-hydroxylation sites is 2. The Labute approximate surface area is 128 Å². The summed E-state index contributed by atoms with van der Waals surface area (Å²) < 4.78 is 5.44. The Kier molecular flexibility index (Phi) is 3.68. The maximum Gasteiger partial charge on any atom is 0.310 e. The largest absolute Gasteiger partial charge is 0.479 e. The Morgan fingerprint density at radius 3 is 2.90 bits per heavy atom. The van der Waals surface area contributed by atoms with E-state index in [1.807, 2.05) is 11.4 Å². The van der Waals surface area contributed by atoms with Crippen molar-refractivity contribution in [2.45, 2.75) is 6.61 Å². The molecule has 0 spiro atoms. The number of thiophene rings is 1. The molecule has 106 valence electrons. The number of benzene rings is 1. The molecule has 0 amide bonds. The summed E-state index contributed by atoms with van der Waals surface area (Å²) in [6.07, 6.45) is 0. The molecule has 3 aromatic rings. The van der Waals surface area contributed by atoms with E-state index >= 15 is 0 Å². The van der Waals surface area contributed by atoms with Gasteiger partial charge >= 0.3 is 5.69 Å². The molecule has 8 heteroatoms. The number of nitro benzene ring substituents is 1. The minimum atomic E-state index is -0.494. The fraction of sp³-hybridized carbons (Fsp3) is 0.0769. The summed E-state index contributed by atoms with van der Waals surface area (Å²) in [5.41, 5.74) is -0.0965. The van der Waals surface area contributed by atoms with Crippen molar-refractivity contribution >= 4 is 38.8 Å². The summed E-state index contributed by atoms with van der Waals surface area (Å²) in [6, 6.07) is 8.00. The number of fused-ring (bicyclic) bond motifs is 1. The number of halogens is 1. The van der Waals surface area contributed by atoms with Crippen molar-refractivity contribution in [2.75, 3.05) is 0 Å². The van der Waals surface area contributed by atoms with Gasteiger partial charge in [-0.15, -0.1) is 11.3 Å². The summed E-state index contributed by atoms with van der Waals surface area (Å²) in [7, 11) is 0. The van der Waals surface area contributed by atoms with Gasteiger partial charge in [-0.3, -0.25) is 10.1 Å². The molecule has 0 bridgehead atoms. The van der Waals surface area contributed by atoms with Crippen LogP contribution in [0.2, 0.25) is 5.15 Å². The average Bonchev–Trinajstić information content (AvgIpc) is 2.94. The highest BCUT2D eigenvalue weighted by Crippen LogP contribution is 2.28. The van der Waals surface area contributed by atoms with Gasteiger partial charge in [-0.2, -0.15) is 0 Å². The van der Waals surface area contributed by atoms with Crippen LogP contribution in [-0.2, 0) is 6.61 Å². The third kappa shape index (κ3) is 2.79. The van der Waals surface area contributed by atoms with Crippen molar-refractivity contribution < 1.29 is 9.66 Å². The van der Waals surface area contributed by atoms with Crippen LogP contribution in [0.4, 0.5) is 5.69 Å². The molecule has 0 saturated heterocycles. The molecular weight excluding hydrogens is 314 g/mol. The van der Waals surface area contributed by atoms with Crippen LogP contribution in [0.15, 0.2) is 35.7 Å². The second-order valence-electron chi connectivity index (χ2n) is 4.08. The van der Waals surface area contributed by atoms with Crippen molar-refractivity contribution in [3.05, 3.63) is 56.8 Å². The van der Waals surface area contributed by atoms with Gasteiger partial charge in [-0.25, -0.2) is 9.97 Å². The standard InChI is InChI=1S/C13H8ClN3O3S/c14-12-8-5-6-21-13(8)16-11(15-12)7-20-10-4-2-1-3-9(10)17(18)19/h1-6H,7H2. The van der Waals surface area contributed by atoms with Gasteiger partial charge in [0.2, 0.25) is 0 Å². The van der Waals surface area contributed by atoms with Crippen LogP contribution in [0.3, 0.4) is 0 Å². The SMILES string of the molecule is O=[N+]([O-])c1ccccc1OCc1nc(Cl)c2ccsc2n1. The molecule has 0 saturated carbocycles. The number of nitro groups is 1. The smallest absolute Gasteiger partial charge is 0.310 e. The molecule has 2 aromatic heterocycles. The average molecular weight is 322 g/mol. The Morgan fingerprint density at radius 1 is 1.29 bits per heavy atom. The minimum absolute atomic E-state index is 0.0123. The predicted octanol–water partition coefficient (Wildman–Crippen LogP) is 3.83. The molecular formula is C13H8ClN3O3S. The van der Waals surface area contributed by atoms with Crippen molar-refractivity contribution in [1.29, 1.82) is 0 Å². The van der Waals surface area contributed by atoms with Gasteiger partial charge in [0.15, 0.2) is 11.6 Å². The first-order chi connectivity index (χ1) is 10.1. The lowest BCUT2D eigenvalue weighted by molar-refractivity contribution is -0.385. The molecule has 21 heavy (non-hydrogen) atoms. The molecule has 0 atom stereocenters. The summed E-state index contributed by atoms with van der Waals surface area (Å²) in [5.74, 6) is 0.557. The summed E-state index contributed by atoms with van der Waals surface area (Å²) >= 11 is 7.50. The van der Waals surface area contributed by atoms with Gasteiger partial charge in [-0.1, -0.05) is 23.7 Å². The monoisotopic (exact) mass is 321 g/mol. The Morgan fingerprint density at radius 2 is 2.10 bits per heavy atom. The molecule has 0 aliphatic rings. The molecule has 6 nitrogen and oxygen atoms in total. The number of ether oxygens (including phenoxy) is 1. The van der Waals surface area contributed by atoms with E-state index in [4.69, 9.17) is 16.3 Å². The maximum atomic E-state index is 10.9. The van der Waals surface area contributed by atoms with E-state index in [0.717, 1.165) is 10.2 Å². The van der Waals surface area contributed by atoms with Crippen LogP contribution < -0.4 is 4.74 Å². The maximum absolute atomic E-state index is 10.9. The van der Waals surface area contributed by atoms with Gasteiger partial charge in [0, 0.05) is 11.5 Å². The zero-order valence-corrected chi connectivity index (χ0v) is 12.1. The number of rotatable bonds is 4. The van der Waals surface area contributed by atoms with Gasteiger partial charge in [0.1, 0.15) is 16.6 Å². The highest BCUT2D eigenvalue weighted by Gasteiger charge is 2.15. The summed E-state index contributed by atoms with van der Waals surface area (Å²) in [4.78, 5) is 19.6. The fourth-order valence-electron chi connectivity index (χ4n) is 1.80. The van der Waals surface area contributed by atoms with Gasteiger partial charge in [0.05, 0.1) is 4.92 Å². The molecule has 0 N–H and O–H groups in total. The summed E-state index contributed by atoms with van der Waals surface area (Å²) in [6.45, 7) is 0.0123. The van der Waals surface area contributed by atoms with Crippen LogP contribution in [0, 0.1) is 10.1 Å². The molecule has 0 radical (unpaired) electrons. The Hall–Kier alpha value is -2.25. The molecule has 2 heterocycles. The van der Waals surface area contributed by atoms with Crippen molar-refractivity contribution in [3.8, 4) is 5.75 Å². The summed E-state index contributed by atoms with van der Waals surface area (Å²) in [5, 5.41) is 13.9. The number of hydrogen-bond acceptors (Lipinski definition) is 6. The molecule has 1 aromatic carbocycles.